The summed E-state index contributed by atoms with van der Waals surface area (Å²) in [4.78, 5) is 10.6. The summed E-state index contributed by atoms with van der Waals surface area (Å²) in [6, 6.07) is 0. The van der Waals surface area contributed by atoms with E-state index in [0.29, 0.717) is 12.8 Å². The third-order valence-corrected chi connectivity index (χ3v) is 1.88. The monoisotopic (exact) mass is 196 g/mol. The minimum Gasteiger partial charge on any atom is -0.292 e. The second-order valence-electron chi connectivity index (χ2n) is 2.52. The van der Waals surface area contributed by atoms with Gasteiger partial charge < -0.3 is 0 Å². The maximum absolute atomic E-state index is 12.7. The van der Waals surface area contributed by atoms with Gasteiger partial charge in [-0.15, -0.1) is 0 Å². The molecule has 0 saturated heterocycles. The number of carbonyl (C=O) groups excluding carboxylic acids is 1. The normalized spacial score (nSPS) is 11.9. The number of carbonyl (C=O) groups is 1. The Labute approximate surface area is 71.5 Å². The molecule has 0 aromatic carbocycles. The largest absolute Gasteiger partial charge is 0.306 e. The molecule has 0 atom stereocenters. The number of hydrogen-bond donors (Lipinski definition) is 0. The van der Waals surface area contributed by atoms with Gasteiger partial charge >= 0.3 is 5.92 Å². The van der Waals surface area contributed by atoms with Crippen molar-refractivity contribution in [3.63, 3.8) is 0 Å². The van der Waals surface area contributed by atoms with E-state index in [9.17, 15) is 18.1 Å². The summed E-state index contributed by atoms with van der Waals surface area (Å²) in [7, 11) is -0.536. The van der Waals surface area contributed by atoms with Crippen LogP contribution in [0.5, 0.6) is 0 Å². The Hall–Kier alpha value is -0.370. The Bertz CT molecular complexity index is 171. The molecule has 0 aliphatic heterocycles. The van der Waals surface area contributed by atoms with Crippen LogP contribution in [0, 0.1) is 0 Å². The van der Waals surface area contributed by atoms with E-state index in [4.69, 9.17) is 0 Å². The Balaban J connectivity index is 3.99. The molecule has 12 heavy (non-hydrogen) atoms. The smallest absolute Gasteiger partial charge is 0.292 e. The SMILES string of the molecule is CCCCC(F)(F)C(=O)CP=O. The van der Waals surface area contributed by atoms with E-state index in [1.807, 2.05) is 0 Å². The summed E-state index contributed by atoms with van der Waals surface area (Å²) in [6.45, 7) is 1.77. The number of halogens is 2. The number of hydrogen-bond acceptors (Lipinski definition) is 2. The molecule has 5 heteroatoms. The third-order valence-electron chi connectivity index (χ3n) is 1.46. The van der Waals surface area contributed by atoms with E-state index in [2.05, 4.69) is 0 Å². The molecule has 0 aliphatic carbocycles. The highest BCUT2D eigenvalue weighted by molar-refractivity contribution is 7.25. The summed E-state index contributed by atoms with van der Waals surface area (Å²) in [5, 5.41) is 0. The van der Waals surface area contributed by atoms with E-state index in [1.54, 1.807) is 6.92 Å². The van der Waals surface area contributed by atoms with Crippen LogP contribution < -0.4 is 0 Å². The second-order valence-corrected chi connectivity index (χ2v) is 3.09. The van der Waals surface area contributed by atoms with Crippen molar-refractivity contribution in [2.75, 3.05) is 6.16 Å². The minimum atomic E-state index is -3.28. The fraction of sp³-hybridized carbons (Fsp3) is 0.857. The molecule has 0 spiro atoms. The first-order valence-electron chi connectivity index (χ1n) is 3.75. The van der Waals surface area contributed by atoms with Crippen LogP contribution >= 0.6 is 8.46 Å². The fourth-order valence-corrected chi connectivity index (χ4v) is 1.06. The first-order valence-corrected chi connectivity index (χ1v) is 4.74. The van der Waals surface area contributed by atoms with Gasteiger partial charge in [0.05, 0.1) is 6.16 Å². The van der Waals surface area contributed by atoms with Gasteiger partial charge in [0.2, 0.25) is 5.78 Å². The van der Waals surface area contributed by atoms with Gasteiger partial charge in [-0.25, -0.2) is 0 Å². The molecule has 0 aliphatic rings. The quantitative estimate of drug-likeness (QED) is 0.612. The first kappa shape index (κ1) is 11.6. The zero-order chi connectivity index (χ0) is 9.61. The minimum absolute atomic E-state index is 0.314. The number of ketones is 1. The van der Waals surface area contributed by atoms with Crippen LogP contribution in [0.4, 0.5) is 8.78 Å². The van der Waals surface area contributed by atoms with Crippen molar-refractivity contribution in [3.8, 4) is 0 Å². The van der Waals surface area contributed by atoms with E-state index < -0.39 is 32.7 Å². The van der Waals surface area contributed by atoms with Gasteiger partial charge in [0.25, 0.3) is 0 Å². The van der Waals surface area contributed by atoms with Crippen LogP contribution in [0.3, 0.4) is 0 Å². The summed E-state index contributed by atoms with van der Waals surface area (Å²) in [5.74, 6) is -4.51. The van der Waals surface area contributed by atoms with E-state index in [1.165, 1.54) is 0 Å². The van der Waals surface area contributed by atoms with Crippen LogP contribution in [0.15, 0.2) is 0 Å². The zero-order valence-corrected chi connectivity index (χ0v) is 7.74. The molecule has 70 valence electrons. The van der Waals surface area contributed by atoms with Gasteiger partial charge in [0, 0.05) is 6.42 Å². The Morgan fingerprint density at radius 1 is 1.50 bits per heavy atom. The Morgan fingerprint density at radius 3 is 2.50 bits per heavy atom. The fourth-order valence-electron chi connectivity index (χ4n) is 0.713. The lowest BCUT2D eigenvalue weighted by molar-refractivity contribution is -0.141. The van der Waals surface area contributed by atoms with Crippen LogP contribution in [0.2, 0.25) is 0 Å². The lowest BCUT2D eigenvalue weighted by Gasteiger charge is -2.11. The zero-order valence-electron chi connectivity index (χ0n) is 6.85. The molecule has 0 N–H and O–H groups in total. The summed E-state index contributed by atoms with van der Waals surface area (Å²) >= 11 is 0. The number of Topliss-reactive ketones (excluding diaryl/α,β-unsaturated/α-hetero) is 1. The molecule has 0 heterocycles. The van der Waals surface area contributed by atoms with Gasteiger partial charge in [-0.1, -0.05) is 13.3 Å². The molecule has 0 aromatic rings. The highest BCUT2D eigenvalue weighted by Crippen LogP contribution is 2.23. The molecule has 0 saturated carbocycles. The molecule has 0 radical (unpaired) electrons. The van der Waals surface area contributed by atoms with Crippen molar-refractivity contribution in [2.45, 2.75) is 32.1 Å². The number of rotatable bonds is 6. The molecule has 0 aromatic heterocycles. The average molecular weight is 196 g/mol. The first-order chi connectivity index (χ1) is 5.54. The molecule has 0 fully saturated rings. The third kappa shape index (κ3) is 3.86. The van der Waals surface area contributed by atoms with Crippen molar-refractivity contribution in [1.29, 1.82) is 0 Å². The van der Waals surface area contributed by atoms with Crippen molar-refractivity contribution >= 4 is 14.2 Å². The highest BCUT2D eigenvalue weighted by atomic mass is 31.1. The van der Waals surface area contributed by atoms with Crippen LogP contribution in [0.1, 0.15) is 26.2 Å². The van der Waals surface area contributed by atoms with E-state index in [0.717, 1.165) is 0 Å². The molecular weight excluding hydrogens is 185 g/mol. The maximum atomic E-state index is 12.7. The standard InChI is InChI=1S/C7H11F2O2P/c1-2-3-4-7(8,9)6(10)5-12-11/h2-5H2,1H3. The average Bonchev–Trinajstić information content (AvgIpc) is 2.01. The lowest BCUT2D eigenvalue weighted by atomic mass is 10.1. The van der Waals surface area contributed by atoms with Crippen molar-refractivity contribution < 1.29 is 18.1 Å². The van der Waals surface area contributed by atoms with Gasteiger partial charge in [-0.05, 0) is 6.42 Å². The van der Waals surface area contributed by atoms with Crippen LogP contribution in [-0.4, -0.2) is 17.9 Å². The lowest BCUT2D eigenvalue weighted by Crippen LogP contribution is -2.29. The van der Waals surface area contributed by atoms with Crippen molar-refractivity contribution in [3.05, 3.63) is 0 Å². The van der Waals surface area contributed by atoms with Gasteiger partial charge in [0.15, 0.2) is 8.46 Å². The predicted molar refractivity (Wildman–Crippen MR) is 42.0 cm³/mol. The molecule has 0 bridgehead atoms. The Morgan fingerprint density at radius 2 is 2.08 bits per heavy atom. The maximum Gasteiger partial charge on any atom is 0.306 e. The van der Waals surface area contributed by atoms with Crippen molar-refractivity contribution in [2.24, 2.45) is 0 Å². The van der Waals surface area contributed by atoms with E-state index in [-0.39, 0.29) is 0 Å². The molecular formula is C7H11F2O2P. The number of unbranched alkanes of at least 4 members (excludes halogenated alkanes) is 1. The second kappa shape index (κ2) is 5.31. The van der Waals surface area contributed by atoms with Gasteiger partial charge in [0.1, 0.15) is 0 Å². The predicted octanol–water partition coefficient (Wildman–Crippen LogP) is 2.67. The molecule has 0 amide bonds. The summed E-state index contributed by atoms with van der Waals surface area (Å²) in [5.41, 5.74) is 0. The summed E-state index contributed by atoms with van der Waals surface area (Å²) in [6.07, 6.45) is -0.0823. The van der Waals surface area contributed by atoms with Crippen LogP contribution in [0.25, 0.3) is 0 Å². The van der Waals surface area contributed by atoms with Crippen LogP contribution in [-0.2, 0) is 9.36 Å². The number of alkyl halides is 2. The molecule has 2 nitrogen and oxygen atoms in total. The van der Waals surface area contributed by atoms with Crippen molar-refractivity contribution in [1.82, 2.24) is 0 Å². The summed E-state index contributed by atoms with van der Waals surface area (Å²) < 4.78 is 35.3. The van der Waals surface area contributed by atoms with Gasteiger partial charge in [-0.2, -0.15) is 8.78 Å². The topological polar surface area (TPSA) is 34.1 Å². The molecule has 0 rings (SSSR count). The highest BCUT2D eigenvalue weighted by Gasteiger charge is 2.36. The Kier molecular flexibility index (Phi) is 5.14. The van der Waals surface area contributed by atoms with Gasteiger partial charge in [-0.3, -0.25) is 9.36 Å². The van der Waals surface area contributed by atoms with E-state index >= 15 is 0 Å². The molecule has 0 unspecified atom stereocenters.